The molecule has 0 aliphatic carbocycles. The number of fused-ring (bicyclic) bond motifs is 1. The summed E-state index contributed by atoms with van der Waals surface area (Å²) in [6.07, 6.45) is -3.80. The molecule has 1 saturated heterocycles. The van der Waals surface area contributed by atoms with Gasteiger partial charge < -0.3 is 14.6 Å². The highest BCUT2D eigenvalue weighted by molar-refractivity contribution is 5.21. The number of ether oxygens (including phenoxy) is 1. The van der Waals surface area contributed by atoms with Gasteiger partial charge in [-0.3, -0.25) is 4.90 Å². The molecule has 0 radical (unpaired) electrons. The normalized spacial score (nSPS) is 20.5. The molecular formula is C13H19F3N4O. The molecule has 0 unspecified atom stereocenters. The van der Waals surface area contributed by atoms with Crippen molar-refractivity contribution in [1.82, 2.24) is 19.8 Å². The summed E-state index contributed by atoms with van der Waals surface area (Å²) in [5.74, 6) is -0.760. The van der Waals surface area contributed by atoms with Crippen LogP contribution in [0.25, 0.3) is 0 Å². The molecule has 3 heterocycles. The van der Waals surface area contributed by atoms with Gasteiger partial charge in [0.15, 0.2) is 0 Å². The van der Waals surface area contributed by atoms with Crippen molar-refractivity contribution in [3.63, 3.8) is 0 Å². The Morgan fingerprint density at radius 3 is 2.67 bits per heavy atom. The van der Waals surface area contributed by atoms with Crippen molar-refractivity contribution in [3.05, 3.63) is 17.2 Å². The van der Waals surface area contributed by atoms with E-state index in [2.05, 4.69) is 15.2 Å². The molecule has 0 amide bonds. The maximum Gasteiger partial charge on any atom is 0.449 e. The second-order valence-corrected chi connectivity index (χ2v) is 5.36. The largest absolute Gasteiger partial charge is 0.449 e. The molecule has 5 nitrogen and oxygen atoms in total. The molecule has 2 aliphatic heterocycles. The van der Waals surface area contributed by atoms with Gasteiger partial charge in [0.05, 0.1) is 18.9 Å². The fourth-order valence-electron chi connectivity index (χ4n) is 2.89. The lowest BCUT2D eigenvalue weighted by Gasteiger charge is -2.27. The van der Waals surface area contributed by atoms with Crippen molar-refractivity contribution >= 4 is 0 Å². The molecular weight excluding hydrogens is 285 g/mol. The molecule has 1 fully saturated rings. The highest BCUT2D eigenvalue weighted by Gasteiger charge is 2.39. The highest BCUT2D eigenvalue weighted by atomic mass is 19.4. The van der Waals surface area contributed by atoms with Crippen LogP contribution < -0.4 is 5.32 Å². The lowest BCUT2D eigenvalue weighted by atomic mass is 10.2. The average Bonchev–Trinajstić information content (AvgIpc) is 2.85. The topological polar surface area (TPSA) is 42.3 Å². The summed E-state index contributed by atoms with van der Waals surface area (Å²) in [4.78, 5) is 5.95. The fraction of sp³-hybridized carbons (Fsp3) is 0.769. The maximum absolute atomic E-state index is 13.2. The zero-order valence-electron chi connectivity index (χ0n) is 11.7. The first-order chi connectivity index (χ1) is 10.1. The first-order valence-electron chi connectivity index (χ1n) is 7.22. The van der Waals surface area contributed by atoms with Crippen LogP contribution in [0.15, 0.2) is 0 Å². The second kappa shape index (κ2) is 5.94. The van der Waals surface area contributed by atoms with E-state index in [1.165, 1.54) is 4.57 Å². The van der Waals surface area contributed by atoms with Gasteiger partial charge >= 0.3 is 6.18 Å². The molecule has 1 aromatic rings. The van der Waals surface area contributed by atoms with E-state index in [0.29, 0.717) is 51.5 Å². The molecule has 0 bridgehead atoms. The van der Waals surface area contributed by atoms with E-state index in [1.807, 2.05) is 0 Å². The molecule has 118 valence electrons. The number of nitrogens with one attached hydrogen (secondary N) is 1. The average molecular weight is 304 g/mol. The van der Waals surface area contributed by atoms with Gasteiger partial charge in [-0.2, -0.15) is 13.2 Å². The van der Waals surface area contributed by atoms with Crippen LogP contribution in [0.1, 0.15) is 17.2 Å². The predicted molar refractivity (Wildman–Crippen MR) is 69.9 cm³/mol. The molecule has 1 N–H and O–H groups in total. The van der Waals surface area contributed by atoms with Gasteiger partial charge in [0.2, 0.25) is 5.82 Å². The summed E-state index contributed by atoms with van der Waals surface area (Å²) in [5.41, 5.74) is 1.27. The van der Waals surface area contributed by atoms with Crippen LogP contribution in [0.5, 0.6) is 0 Å². The molecule has 0 spiro atoms. The summed E-state index contributed by atoms with van der Waals surface area (Å²) < 4.78 is 46.1. The van der Waals surface area contributed by atoms with Crippen LogP contribution >= 0.6 is 0 Å². The number of nitrogens with zero attached hydrogens (tertiary/aromatic N) is 3. The Kier molecular flexibility index (Phi) is 4.19. The lowest BCUT2D eigenvalue weighted by Crippen LogP contribution is -2.38. The minimum atomic E-state index is -4.40. The number of hydrogen-bond acceptors (Lipinski definition) is 4. The molecule has 0 aromatic carbocycles. The Bertz CT molecular complexity index is 494. The number of rotatable bonds is 3. The number of morpholine rings is 1. The van der Waals surface area contributed by atoms with E-state index in [4.69, 9.17) is 4.74 Å². The van der Waals surface area contributed by atoms with Gasteiger partial charge in [0, 0.05) is 51.4 Å². The molecule has 21 heavy (non-hydrogen) atoms. The maximum atomic E-state index is 13.2. The first-order valence-corrected chi connectivity index (χ1v) is 7.22. The van der Waals surface area contributed by atoms with Crippen molar-refractivity contribution in [1.29, 1.82) is 0 Å². The van der Waals surface area contributed by atoms with Gasteiger partial charge in [-0.25, -0.2) is 4.98 Å². The van der Waals surface area contributed by atoms with E-state index in [-0.39, 0.29) is 0 Å². The van der Waals surface area contributed by atoms with E-state index < -0.39 is 12.0 Å². The standard InChI is InChI=1S/C13H19F3N4O/c14-13(15,16)12-18-10-9-17-2-1-11(10)20(12)4-3-19-5-7-21-8-6-19/h17H,1-9H2. The minimum absolute atomic E-state index is 0.331. The minimum Gasteiger partial charge on any atom is -0.379 e. The van der Waals surface area contributed by atoms with E-state index in [0.717, 1.165) is 18.8 Å². The van der Waals surface area contributed by atoms with Crippen molar-refractivity contribution in [2.45, 2.75) is 25.7 Å². The third-order valence-corrected chi connectivity index (χ3v) is 3.98. The number of halogens is 3. The molecule has 8 heteroatoms. The van der Waals surface area contributed by atoms with Crippen LogP contribution in [-0.2, 0) is 30.4 Å². The zero-order chi connectivity index (χ0) is 14.9. The SMILES string of the molecule is FC(F)(F)c1nc2c(n1CCN1CCOCC1)CCNC2. The van der Waals surface area contributed by atoms with E-state index >= 15 is 0 Å². The Hall–Kier alpha value is -1.12. The quantitative estimate of drug-likeness (QED) is 0.900. The molecule has 1 aromatic heterocycles. The number of alkyl halides is 3. The predicted octanol–water partition coefficient (Wildman–Crippen LogP) is 0.880. The summed E-state index contributed by atoms with van der Waals surface area (Å²) in [5, 5.41) is 3.07. The number of aromatic nitrogens is 2. The molecule has 0 atom stereocenters. The van der Waals surface area contributed by atoms with Crippen molar-refractivity contribution in [3.8, 4) is 0 Å². The van der Waals surface area contributed by atoms with Crippen LogP contribution in [-0.4, -0.2) is 53.8 Å². The van der Waals surface area contributed by atoms with E-state index in [9.17, 15) is 13.2 Å². The molecule has 2 aliphatic rings. The van der Waals surface area contributed by atoms with Crippen molar-refractivity contribution in [2.24, 2.45) is 0 Å². The van der Waals surface area contributed by atoms with E-state index in [1.54, 1.807) is 0 Å². The fourth-order valence-corrected chi connectivity index (χ4v) is 2.89. The van der Waals surface area contributed by atoms with Crippen LogP contribution in [0.2, 0.25) is 0 Å². The third kappa shape index (κ3) is 3.22. The van der Waals surface area contributed by atoms with Gasteiger partial charge in [-0.1, -0.05) is 0 Å². The Morgan fingerprint density at radius 1 is 1.19 bits per heavy atom. The Morgan fingerprint density at radius 2 is 1.95 bits per heavy atom. The summed E-state index contributed by atoms with van der Waals surface area (Å²) >= 11 is 0. The van der Waals surface area contributed by atoms with Crippen LogP contribution in [0.3, 0.4) is 0 Å². The molecule has 3 rings (SSSR count). The number of imidazole rings is 1. The van der Waals surface area contributed by atoms with Crippen molar-refractivity contribution in [2.75, 3.05) is 39.4 Å². The lowest BCUT2D eigenvalue weighted by molar-refractivity contribution is -0.147. The van der Waals surface area contributed by atoms with Gasteiger partial charge in [0.1, 0.15) is 0 Å². The van der Waals surface area contributed by atoms with Gasteiger partial charge in [-0.15, -0.1) is 0 Å². The summed E-state index contributed by atoms with van der Waals surface area (Å²) in [6, 6.07) is 0. The summed E-state index contributed by atoms with van der Waals surface area (Å²) in [6.45, 7) is 4.91. The third-order valence-electron chi connectivity index (χ3n) is 3.98. The Labute approximate surface area is 121 Å². The smallest absolute Gasteiger partial charge is 0.379 e. The molecule has 0 saturated carbocycles. The Balaban J connectivity index is 1.79. The van der Waals surface area contributed by atoms with Gasteiger partial charge in [-0.05, 0) is 0 Å². The highest BCUT2D eigenvalue weighted by Crippen LogP contribution is 2.31. The first kappa shape index (κ1) is 14.8. The van der Waals surface area contributed by atoms with Crippen molar-refractivity contribution < 1.29 is 17.9 Å². The zero-order valence-corrected chi connectivity index (χ0v) is 11.7. The number of hydrogen-bond donors (Lipinski definition) is 1. The van der Waals surface area contributed by atoms with Crippen LogP contribution in [0, 0.1) is 0 Å². The summed E-state index contributed by atoms with van der Waals surface area (Å²) in [7, 11) is 0. The van der Waals surface area contributed by atoms with Gasteiger partial charge in [0.25, 0.3) is 0 Å². The second-order valence-electron chi connectivity index (χ2n) is 5.36. The monoisotopic (exact) mass is 304 g/mol. The van der Waals surface area contributed by atoms with Crippen LogP contribution in [0.4, 0.5) is 13.2 Å².